The number of likely N-dealkylation sites (N-methyl/N-ethyl adjacent to an activating group) is 1. The minimum absolute atomic E-state index is 0.0669. The Morgan fingerprint density at radius 3 is 2.81 bits per heavy atom. The first-order valence-electron chi connectivity index (χ1n) is 12.2. The molecule has 0 fully saturated rings. The molecule has 27 heavy (non-hydrogen) atoms. The van der Waals surface area contributed by atoms with Gasteiger partial charge in [0, 0.05) is 33.6 Å². The summed E-state index contributed by atoms with van der Waals surface area (Å²) in [6, 6.07) is 2.74. The first kappa shape index (κ1) is 13.0. The molecule has 2 unspecified atom stereocenters. The number of rotatable bonds is 6. The fourth-order valence-corrected chi connectivity index (χ4v) is 2.80. The summed E-state index contributed by atoms with van der Waals surface area (Å²) in [5.74, 6) is -6.06. The smallest absolute Gasteiger partial charge is 0.249 e. The Morgan fingerprint density at radius 2 is 2.15 bits per heavy atom. The van der Waals surface area contributed by atoms with Crippen LogP contribution < -0.4 is 5.32 Å². The van der Waals surface area contributed by atoms with Crippen LogP contribution in [0, 0.1) is 11.8 Å². The average molecular weight is 382 g/mol. The number of aliphatic hydroxyl groups excluding tert-OH is 1. The Morgan fingerprint density at radius 1 is 1.48 bits per heavy atom. The Balaban J connectivity index is 2.31. The van der Waals surface area contributed by atoms with E-state index < -0.39 is 67.2 Å². The molecule has 6 nitrogen and oxygen atoms in total. The highest BCUT2D eigenvalue weighted by Gasteiger charge is 2.34. The number of nitrogens with one attached hydrogen (secondary N) is 1. The first-order chi connectivity index (χ1) is 15.3. The van der Waals surface area contributed by atoms with Crippen LogP contribution in [0.25, 0.3) is 0 Å². The van der Waals surface area contributed by atoms with Gasteiger partial charge in [-0.1, -0.05) is 45.0 Å². The fourth-order valence-electron chi connectivity index (χ4n) is 2.80. The average Bonchev–Trinajstić information content (AvgIpc) is 2.77. The molecule has 1 aromatic carbocycles. The van der Waals surface area contributed by atoms with Gasteiger partial charge in [-0.2, -0.15) is 0 Å². The maximum atomic E-state index is 13.2. The van der Waals surface area contributed by atoms with E-state index >= 15 is 0 Å². The van der Waals surface area contributed by atoms with Crippen LogP contribution in [0.2, 0.25) is 0 Å². The summed E-state index contributed by atoms with van der Waals surface area (Å²) < 4.78 is 55.5. The van der Waals surface area contributed by atoms with Crippen molar-refractivity contribution >= 4 is 17.6 Å². The van der Waals surface area contributed by atoms with Crippen LogP contribution in [0.15, 0.2) is 24.3 Å². The highest BCUT2D eigenvalue weighted by atomic mass is 16.3. The van der Waals surface area contributed by atoms with Crippen molar-refractivity contribution in [2.75, 3.05) is 7.05 Å². The zero-order valence-corrected chi connectivity index (χ0v) is 15.9. The van der Waals surface area contributed by atoms with Crippen molar-refractivity contribution in [1.29, 1.82) is 0 Å². The second-order valence-electron chi connectivity index (χ2n) is 6.79. The van der Waals surface area contributed by atoms with Crippen LogP contribution in [0.5, 0.6) is 0 Å². The van der Waals surface area contributed by atoms with Crippen LogP contribution in [-0.4, -0.2) is 46.8 Å². The number of nitrogens with zero attached hydrogens (tertiary/aromatic N) is 1. The third-order valence-corrected chi connectivity index (χ3v) is 4.62. The van der Waals surface area contributed by atoms with E-state index in [0.717, 1.165) is 11.8 Å². The Bertz CT molecular complexity index is 978. The van der Waals surface area contributed by atoms with E-state index in [9.17, 15) is 19.5 Å². The molecule has 1 aliphatic rings. The molecule has 0 saturated heterocycles. The van der Waals surface area contributed by atoms with E-state index in [1.54, 1.807) is 12.1 Å². The lowest BCUT2D eigenvalue weighted by atomic mass is 9.94. The van der Waals surface area contributed by atoms with Gasteiger partial charge in [0.2, 0.25) is 11.8 Å². The minimum Gasteiger partial charge on any atom is -0.385 e. The number of carbonyl (C=O) groups is 3. The molecule has 0 spiro atoms. The van der Waals surface area contributed by atoms with Gasteiger partial charge in [-0.3, -0.25) is 14.4 Å². The van der Waals surface area contributed by atoms with Crippen molar-refractivity contribution in [1.82, 2.24) is 10.2 Å². The lowest BCUT2D eigenvalue weighted by Crippen LogP contribution is -2.44. The molecule has 0 aromatic heterocycles. The van der Waals surface area contributed by atoms with Crippen LogP contribution >= 0.6 is 0 Å². The number of carbonyl (C=O) groups excluding carboxylic acids is 3. The minimum atomic E-state index is -2.93. The third-order valence-electron chi connectivity index (χ3n) is 4.62. The van der Waals surface area contributed by atoms with E-state index in [4.69, 9.17) is 9.60 Å². The number of amides is 2. The largest absolute Gasteiger partial charge is 0.385 e. The fraction of sp³-hybridized carbons (Fsp3) is 0.571. The van der Waals surface area contributed by atoms with E-state index in [1.165, 1.54) is 33.0 Å². The number of fused-ring (bicyclic) bond motifs is 1. The molecule has 1 heterocycles. The summed E-state index contributed by atoms with van der Waals surface area (Å²) >= 11 is 0. The van der Waals surface area contributed by atoms with E-state index in [0.29, 0.717) is 0 Å². The normalized spacial score (nSPS) is 33.1. The molecule has 5 atom stereocenters. The highest BCUT2D eigenvalue weighted by molar-refractivity contribution is 5.93. The molecule has 2 N–H and O–H groups in total. The first-order valence-corrected chi connectivity index (χ1v) is 8.66. The molecule has 0 bridgehead atoms. The van der Waals surface area contributed by atoms with Crippen molar-refractivity contribution in [3.05, 3.63) is 35.4 Å². The lowest BCUT2D eigenvalue weighted by Gasteiger charge is -2.26. The Labute approximate surface area is 170 Å². The number of Topliss-reactive ketones (excluding diaryl/α,β-unsaturated/α-hetero) is 1. The lowest BCUT2D eigenvalue weighted by molar-refractivity contribution is -0.138. The van der Waals surface area contributed by atoms with Gasteiger partial charge in [-0.15, -0.1) is 0 Å². The molecule has 0 saturated carbocycles. The van der Waals surface area contributed by atoms with Crippen molar-refractivity contribution in [3.63, 3.8) is 0 Å². The summed E-state index contributed by atoms with van der Waals surface area (Å²) in [7, 11) is 1.27. The predicted octanol–water partition coefficient (Wildman–Crippen LogP) is 1.86. The zero-order valence-electron chi connectivity index (χ0n) is 22.9. The monoisotopic (exact) mass is 381 g/mol. The van der Waals surface area contributed by atoms with Gasteiger partial charge in [0.1, 0.15) is 12.1 Å². The Kier molecular flexibility index (Phi) is 4.18. The summed E-state index contributed by atoms with van der Waals surface area (Å²) in [4.78, 5) is 39.4. The molecule has 2 amide bonds. The van der Waals surface area contributed by atoms with Gasteiger partial charge in [-0.25, -0.2) is 0 Å². The molecular formula is C21H30N2O4. The summed E-state index contributed by atoms with van der Waals surface area (Å²) in [5.41, 5.74) is 0.241. The highest BCUT2D eigenvalue weighted by Crippen LogP contribution is 2.27. The number of hydrogen-bond acceptors (Lipinski definition) is 4. The number of aliphatic hydroxyl groups is 1. The van der Waals surface area contributed by atoms with E-state index in [1.807, 2.05) is 0 Å². The van der Waals surface area contributed by atoms with Crippen molar-refractivity contribution in [2.45, 2.75) is 58.6 Å². The molecule has 2 rings (SSSR count). The summed E-state index contributed by atoms with van der Waals surface area (Å²) in [6.45, 7) is 0.589. The van der Waals surface area contributed by atoms with Gasteiger partial charge >= 0.3 is 0 Å². The van der Waals surface area contributed by atoms with Gasteiger partial charge in [0.05, 0.1) is 1.37 Å². The number of benzene rings is 1. The predicted molar refractivity (Wildman–Crippen MR) is 103 cm³/mol. The van der Waals surface area contributed by atoms with Crippen molar-refractivity contribution in [3.8, 4) is 0 Å². The number of ketones is 1. The number of hydrogen-bond donors (Lipinski definition) is 2. The molecule has 1 aliphatic heterocycles. The van der Waals surface area contributed by atoms with Gasteiger partial charge in [0.25, 0.3) is 0 Å². The van der Waals surface area contributed by atoms with Crippen LogP contribution in [0.4, 0.5) is 0 Å². The van der Waals surface area contributed by atoms with Gasteiger partial charge in [-0.05, 0) is 30.3 Å². The molecule has 0 aliphatic carbocycles. The second kappa shape index (κ2) is 8.65. The maximum absolute atomic E-state index is 13.2. The van der Waals surface area contributed by atoms with Gasteiger partial charge in [0.15, 0.2) is 5.78 Å². The quantitative estimate of drug-likeness (QED) is 0.787. The molecule has 6 heteroatoms. The summed E-state index contributed by atoms with van der Waals surface area (Å²) in [6.07, 6.45) is -5.00. The molecule has 1 aromatic rings. The third kappa shape index (κ3) is 4.75. The topological polar surface area (TPSA) is 86.7 Å². The Hall–Kier alpha value is -2.21. The summed E-state index contributed by atoms with van der Waals surface area (Å²) in [5, 5.41) is 12.7. The van der Waals surface area contributed by atoms with Crippen LogP contribution in [-0.2, 0) is 20.8 Å². The maximum Gasteiger partial charge on any atom is 0.249 e. The molecule has 0 radical (unpaired) electrons. The zero-order chi connectivity index (χ0) is 26.4. The standard InChI is InChI=1S/C21H30N2O4/c1-12(2)19(25)17(24)10-13(3)20(26)22-18-16-9-7-6-8-15(16)11-14(4)23(5)21(18)27/h6-9,12-14,18-19,25H,10-11H2,1-5H3,(H,22,26)/t13-,14?,18+,19+/m1/s1/i1D3,11D2,12D,14D/t12?,13-,14?,18+,19+. The van der Waals surface area contributed by atoms with Crippen LogP contribution in [0.1, 0.15) is 60.8 Å². The van der Waals surface area contributed by atoms with Gasteiger partial charge < -0.3 is 15.3 Å². The van der Waals surface area contributed by atoms with Crippen molar-refractivity contribution < 1.29 is 29.1 Å². The van der Waals surface area contributed by atoms with Crippen LogP contribution in [0.3, 0.4) is 0 Å². The molecular weight excluding hydrogens is 344 g/mol. The van der Waals surface area contributed by atoms with Crippen molar-refractivity contribution in [2.24, 2.45) is 11.8 Å². The second-order valence-corrected chi connectivity index (χ2v) is 6.79. The van der Waals surface area contributed by atoms with E-state index in [2.05, 4.69) is 5.32 Å². The molecule has 148 valence electrons. The SMILES string of the molecule is [2H]C([2H])([2H])C([2H])(C)[C@H](O)C(=O)C[C@@H](C)C(=O)N[C@@H]1C(=O)N(C)C([2H])(C)C([2H])([2H])c2ccccc21. The van der Waals surface area contributed by atoms with E-state index in [-0.39, 0.29) is 11.1 Å².